The average molecular weight is 375 g/mol. The van der Waals surface area contributed by atoms with E-state index in [1.165, 1.54) is 16.4 Å². The van der Waals surface area contributed by atoms with Crippen LogP contribution >= 0.6 is 0 Å². The topological polar surface area (TPSA) is 98.7 Å². The number of rotatable bonds is 5. The van der Waals surface area contributed by atoms with Crippen molar-refractivity contribution >= 4 is 27.3 Å². The number of nitrogens with zero attached hydrogens (tertiary/aromatic N) is 1. The Morgan fingerprint density at radius 2 is 1.65 bits per heavy atom. The SMILES string of the molecule is O=C(Nc1cccc(NO)c1)c1cccc(S(=O)(=O)N2CCCCC2)c1. The van der Waals surface area contributed by atoms with Gasteiger partial charge in [-0.05, 0) is 49.2 Å². The predicted octanol–water partition coefficient (Wildman–Crippen LogP) is 2.91. The fraction of sp³-hybridized carbons (Fsp3) is 0.278. The molecule has 26 heavy (non-hydrogen) atoms. The van der Waals surface area contributed by atoms with Crippen LogP contribution < -0.4 is 10.8 Å². The van der Waals surface area contributed by atoms with Crippen molar-refractivity contribution in [1.82, 2.24) is 4.31 Å². The van der Waals surface area contributed by atoms with Crippen molar-refractivity contribution < 1.29 is 18.4 Å². The van der Waals surface area contributed by atoms with Gasteiger partial charge in [0.1, 0.15) is 0 Å². The first-order valence-corrected chi connectivity index (χ1v) is 9.86. The van der Waals surface area contributed by atoms with Gasteiger partial charge in [-0.1, -0.05) is 18.6 Å². The molecule has 0 bridgehead atoms. The fourth-order valence-electron chi connectivity index (χ4n) is 2.92. The van der Waals surface area contributed by atoms with Gasteiger partial charge in [-0.3, -0.25) is 15.5 Å². The van der Waals surface area contributed by atoms with E-state index in [1.54, 1.807) is 36.4 Å². The standard InChI is InChI=1S/C18H21N3O4S/c22-18(19-15-7-5-8-16(13-15)20-23)14-6-4-9-17(12-14)26(24,25)21-10-2-1-3-11-21/h4-9,12-13,20,23H,1-3,10-11H2,(H,19,22). The monoisotopic (exact) mass is 375 g/mol. The number of carbonyl (C=O) groups excluding carboxylic acids is 1. The molecule has 0 aromatic heterocycles. The lowest BCUT2D eigenvalue weighted by atomic mass is 10.2. The smallest absolute Gasteiger partial charge is 0.255 e. The summed E-state index contributed by atoms with van der Waals surface area (Å²) in [5.74, 6) is -0.421. The average Bonchev–Trinajstić information content (AvgIpc) is 2.69. The first-order valence-electron chi connectivity index (χ1n) is 8.42. The van der Waals surface area contributed by atoms with E-state index in [-0.39, 0.29) is 10.5 Å². The maximum absolute atomic E-state index is 12.8. The largest absolute Gasteiger partial charge is 0.322 e. The lowest BCUT2D eigenvalue weighted by Crippen LogP contribution is -2.35. The lowest BCUT2D eigenvalue weighted by Gasteiger charge is -2.26. The lowest BCUT2D eigenvalue weighted by molar-refractivity contribution is 0.102. The predicted molar refractivity (Wildman–Crippen MR) is 98.9 cm³/mol. The molecule has 1 aliphatic heterocycles. The van der Waals surface area contributed by atoms with Gasteiger partial charge in [0.15, 0.2) is 0 Å². The molecule has 0 aliphatic carbocycles. The van der Waals surface area contributed by atoms with E-state index in [0.717, 1.165) is 19.3 Å². The Labute approximate surface area is 152 Å². The van der Waals surface area contributed by atoms with E-state index >= 15 is 0 Å². The van der Waals surface area contributed by atoms with E-state index in [4.69, 9.17) is 5.21 Å². The molecule has 2 aromatic carbocycles. The molecule has 7 nitrogen and oxygen atoms in total. The van der Waals surface area contributed by atoms with Crippen molar-refractivity contribution in [3.8, 4) is 0 Å². The second kappa shape index (κ2) is 7.86. The molecule has 0 saturated carbocycles. The zero-order valence-electron chi connectivity index (χ0n) is 14.2. The molecular formula is C18H21N3O4S. The summed E-state index contributed by atoms with van der Waals surface area (Å²) in [4.78, 5) is 12.6. The number of benzene rings is 2. The molecule has 0 atom stereocenters. The summed E-state index contributed by atoms with van der Waals surface area (Å²) in [5.41, 5.74) is 3.18. The summed E-state index contributed by atoms with van der Waals surface area (Å²) in [6, 6.07) is 12.6. The molecule has 1 aliphatic rings. The van der Waals surface area contributed by atoms with E-state index in [2.05, 4.69) is 5.32 Å². The third-order valence-corrected chi connectivity index (χ3v) is 6.19. The summed E-state index contributed by atoms with van der Waals surface area (Å²) in [6.45, 7) is 1.03. The van der Waals surface area contributed by atoms with Crippen molar-refractivity contribution in [1.29, 1.82) is 0 Å². The summed E-state index contributed by atoms with van der Waals surface area (Å²) in [6.07, 6.45) is 2.75. The van der Waals surface area contributed by atoms with Gasteiger partial charge in [-0.2, -0.15) is 4.31 Å². The van der Waals surface area contributed by atoms with Gasteiger partial charge in [-0.25, -0.2) is 8.42 Å². The highest BCUT2D eigenvalue weighted by atomic mass is 32.2. The molecule has 3 N–H and O–H groups in total. The van der Waals surface area contributed by atoms with Gasteiger partial charge in [0.25, 0.3) is 5.91 Å². The van der Waals surface area contributed by atoms with Gasteiger partial charge in [0.2, 0.25) is 10.0 Å². The van der Waals surface area contributed by atoms with Crippen molar-refractivity contribution in [3.05, 3.63) is 54.1 Å². The summed E-state index contributed by atoms with van der Waals surface area (Å²) in [7, 11) is -3.59. The van der Waals surface area contributed by atoms with Crippen LogP contribution in [0.25, 0.3) is 0 Å². The number of piperidine rings is 1. The Balaban J connectivity index is 1.81. The van der Waals surface area contributed by atoms with E-state index in [9.17, 15) is 13.2 Å². The quantitative estimate of drug-likeness (QED) is 0.698. The first-order chi connectivity index (χ1) is 12.5. The highest BCUT2D eigenvalue weighted by Gasteiger charge is 2.26. The minimum Gasteiger partial charge on any atom is -0.322 e. The molecular weight excluding hydrogens is 354 g/mol. The summed E-state index contributed by atoms with van der Waals surface area (Å²) < 4.78 is 27.0. The molecule has 1 amide bonds. The highest BCUT2D eigenvalue weighted by molar-refractivity contribution is 7.89. The fourth-order valence-corrected chi connectivity index (χ4v) is 4.49. The number of sulfonamides is 1. The molecule has 138 valence electrons. The zero-order valence-corrected chi connectivity index (χ0v) is 15.0. The van der Waals surface area contributed by atoms with Gasteiger partial charge in [0.05, 0.1) is 10.6 Å². The van der Waals surface area contributed by atoms with E-state index < -0.39 is 15.9 Å². The number of carbonyl (C=O) groups is 1. The Kier molecular flexibility index (Phi) is 5.55. The van der Waals surface area contributed by atoms with Crippen LogP contribution in [0.5, 0.6) is 0 Å². The van der Waals surface area contributed by atoms with Gasteiger partial charge >= 0.3 is 0 Å². The van der Waals surface area contributed by atoms with Crippen LogP contribution in [0.3, 0.4) is 0 Å². The van der Waals surface area contributed by atoms with Crippen LogP contribution in [0.4, 0.5) is 11.4 Å². The number of nitrogens with one attached hydrogen (secondary N) is 2. The first kappa shape index (κ1) is 18.4. The molecule has 0 spiro atoms. The number of hydrogen-bond donors (Lipinski definition) is 3. The molecule has 0 unspecified atom stereocenters. The van der Waals surface area contributed by atoms with E-state index in [0.29, 0.717) is 24.5 Å². The Hall–Kier alpha value is -2.42. The van der Waals surface area contributed by atoms with Crippen LogP contribution in [0, 0.1) is 0 Å². The Bertz CT molecular complexity index is 893. The molecule has 3 rings (SSSR count). The summed E-state index contributed by atoms with van der Waals surface area (Å²) >= 11 is 0. The molecule has 2 aromatic rings. The Morgan fingerprint density at radius 1 is 0.962 bits per heavy atom. The number of hydrogen-bond acceptors (Lipinski definition) is 5. The molecule has 1 fully saturated rings. The molecule has 8 heteroatoms. The minimum absolute atomic E-state index is 0.123. The summed E-state index contributed by atoms with van der Waals surface area (Å²) in [5, 5.41) is 11.6. The minimum atomic E-state index is -3.59. The van der Waals surface area contributed by atoms with Gasteiger partial charge in [-0.15, -0.1) is 0 Å². The number of amides is 1. The van der Waals surface area contributed by atoms with Gasteiger partial charge in [0, 0.05) is 24.3 Å². The van der Waals surface area contributed by atoms with Crippen LogP contribution in [-0.2, 0) is 10.0 Å². The van der Waals surface area contributed by atoms with Crippen molar-refractivity contribution in [2.24, 2.45) is 0 Å². The van der Waals surface area contributed by atoms with Crippen molar-refractivity contribution in [2.75, 3.05) is 23.9 Å². The Morgan fingerprint density at radius 3 is 2.38 bits per heavy atom. The van der Waals surface area contributed by atoms with Crippen molar-refractivity contribution in [2.45, 2.75) is 24.2 Å². The third kappa shape index (κ3) is 4.04. The van der Waals surface area contributed by atoms with Crippen LogP contribution in [0.15, 0.2) is 53.4 Å². The second-order valence-electron chi connectivity index (χ2n) is 6.14. The highest BCUT2D eigenvalue weighted by Crippen LogP contribution is 2.22. The maximum atomic E-state index is 12.8. The second-order valence-corrected chi connectivity index (χ2v) is 8.08. The normalized spacial score (nSPS) is 15.4. The molecule has 0 radical (unpaired) electrons. The molecule has 1 heterocycles. The molecule has 1 saturated heterocycles. The number of anilines is 2. The van der Waals surface area contributed by atoms with Crippen LogP contribution in [0.1, 0.15) is 29.6 Å². The van der Waals surface area contributed by atoms with E-state index in [1.807, 2.05) is 5.48 Å². The third-order valence-electron chi connectivity index (χ3n) is 4.30. The van der Waals surface area contributed by atoms with Crippen LogP contribution in [-0.4, -0.2) is 36.9 Å². The maximum Gasteiger partial charge on any atom is 0.255 e. The van der Waals surface area contributed by atoms with Crippen molar-refractivity contribution in [3.63, 3.8) is 0 Å². The van der Waals surface area contributed by atoms with Gasteiger partial charge < -0.3 is 5.32 Å². The van der Waals surface area contributed by atoms with Crippen LogP contribution in [0.2, 0.25) is 0 Å². The zero-order chi connectivity index (χ0) is 18.6.